The van der Waals surface area contributed by atoms with E-state index in [9.17, 15) is 14.4 Å². The fraction of sp³-hybridized carbons (Fsp3) is 0.478. The minimum Gasteiger partial charge on any atom is -0.283 e. The summed E-state index contributed by atoms with van der Waals surface area (Å²) in [5.41, 5.74) is 0.655. The maximum atomic E-state index is 13.3. The number of imide groups is 1. The second-order valence-corrected chi connectivity index (χ2v) is 10.1. The number of fused-ring (bicyclic) bond motifs is 5. The highest BCUT2D eigenvalue weighted by Crippen LogP contribution is 2.52. The van der Waals surface area contributed by atoms with Crippen LogP contribution in [0.2, 0.25) is 0 Å². The molecule has 4 aliphatic rings. The number of hydrogen-bond donors (Lipinski definition) is 0. The van der Waals surface area contributed by atoms with Gasteiger partial charge in [-0.15, -0.1) is 0 Å². The number of allylic oxidation sites excluding steroid dienone is 2. The number of carbonyl (C=O) groups excluding carboxylic acids is 3. The molecule has 7 heteroatoms. The Morgan fingerprint density at radius 1 is 1.10 bits per heavy atom. The van der Waals surface area contributed by atoms with Gasteiger partial charge in [0.1, 0.15) is 6.54 Å². The molecule has 30 heavy (non-hydrogen) atoms. The zero-order chi connectivity index (χ0) is 21.0. The molecule has 2 aliphatic carbocycles. The normalized spacial score (nSPS) is 32.5. The summed E-state index contributed by atoms with van der Waals surface area (Å²) in [6.07, 6.45) is 5.02. The Labute approximate surface area is 180 Å². The summed E-state index contributed by atoms with van der Waals surface area (Å²) in [5.74, 6) is -0.103. The third-order valence-electron chi connectivity index (χ3n) is 6.70. The third kappa shape index (κ3) is 3.02. The van der Waals surface area contributed by atoms with E-state index in [2.05, 4.69) is 17.1 Å². The standard InChI is InChI=1S/C23H25N3O3S/c1-23(2)13-30-22(24-11-14-6-4-3-5-7-14)26(23)17(27)12-25-20(28)18-15-8-9-16(10-15)19(18)21(25)29/h3-9,15-16,18-19H,10-13H2,1-2H3/t15-,16-,18-,19-/m0/s1. The zero-order valence-electron chi connectivity index (χ0n) is 17.2. The minimum absolute atomic E-state index is 0.151. The van der Waals surface area contributed by atoms with Crippen LogP contribution >= 0.6 is 11.8 Å². The Morgan fingerprint density at radius 2 is 1.73 bits per heavy atom. The zero-order valence-corrected chi connectivity index (χ0v) is 18.0. The highest BCUT2D eigenvalue weighted by molar-refractivity contribution is 8.14. The van der Waals surface area contributed by atoms with Gasteiger partial charge in [-0.1, -0.05) is 54.2 Å². The van der Waals surface area contributed by atoms with Crippen molar-refractivity contribution in [1.29, 1.82) is 0 Å². The highest BCUT2D eigenvalue weighted by atomic mass is 32.2. The molecule has 2 bridgehead atoms. The van der Waals surface area contributed by atoms with Gasteiger partial charge in [0.05, 0.1) is 23.9 Å². The average Bonchev–Trinajstić information content (AvgIpc) is 3.46. The average molecular weight is 424 g/mol. The summed E-state index contributed by atoms with van der Waals surface area (Å²) in [7, 11) is 0. The highest BCUT2D eigenvalue weighted by Gasteiger charge is 2.59. The molecule has 2 heterocycles. The number of amidine groups is 1. The molecule has 4 atom stereocenters. The van der Waals surface area contributed by atoms with Crippen molar-refractivity contribution in [2.75, 3.05) is 12.3 Å². The minimum atomic E-state index is -0.417. The van der Waals surface area contributed by atoms with E-state index in [4.69, 9.17) is 0 Å². The molecule has 5 rings (SSSR count). The van der Waals surface area contributed by atoms with E-state index in [1.807, 2.05) is 44.2 Å². The van der Waals surface area contributed by atoms with Gasteiger partial charge in [-0.25, -0.2) is 0 Å². The number of thioether (sulfide) groups is 1. The second kappa shape index (κ2) is 7.08. The number of hydrogen-bond acceptors (Lipinski definition) is 5. The van der Waals surface area contributed by atoms with Crippen molar-refractivity contribution in [2.45, 2.75) is 32.4 Å². The molecule has 0 spiro atoms. The smallest absolute Gasteiger partial charge is 0.249 e. The fourth-order valence-corrected chi connectivity index (χ4v) is 6.50. The first-order chi connectivity index (χ1) is 14.4. The Kier molecular flexibility index (Phi) is 4.61. The summed E-state index contributed by atoms with van der Waals surface area (Å²) in [6.45, 7) is 4.28. The van der Waals surface area contributed by atoms with E-state index in [0.29, 0.717) is 11.7 Å². The van der Waals surface area contributed by atoms with Gasteiger partial charge < -0.3 is 0 Å². The number of aliphatic imine (C=N–C) groups is 1. The lowest BCUT2D eigenvalue weighted by atomic mass is 9.85. The monoisotopic (exact) mass is 423 g/mol. The van der Waals surface area contributed by atoms with E-state index in [-0.39, 0.29) is 47.9 Å². The van der Waals surface area contributed by atoms with Gasteiger partial charge in [-0.3, -0.25) is 29.2 Å². The fourth-order valence-electron chi connectivity index (χ4n) is 5.26. The van der Waals surface area contributed by atoms with Crippen molar-refractivity contribution in [1.82, 2.24) is 9.80 Å². The molecule has 3 amide bonds. The number of carbonyl (C=O) groups is 3. The predicted molar refractivity (Wildman–Crippen MR) is 115 cm³/mol. The van der Waals surface area contributed by atoms with E-state index in [0.717, 1.165) is 17.7 Å². The second-order valence-electron chi connectivity index (χ2n) is 9.18. The van der Waals surface area contributed by atoms with Crippen LogP contribution in [-0.4, -0.2) is 50.5 Å². The molecule has 156 valence electrons. The van der Waals surface area contributed by atoms with Crippen LogP contribution in [0, 0.1) is 23.7 Å². The molecule has 6 nitrogen and oxygen atoms in total. The largest absolute Gasteiger partial charge is 0.283 e. The molecule has 2 saturated heterocycles. The van der Waals surface area contributed by atoms with E-state index in [1.165, 1.54) is 4.90 Å². The van der Waals surface area contributed by atoms with Crippen LogP contribution in [0.3, 0.4) is 0 Å². The molecular formula is C23H25N3O3S. The summed E-state index contributed by atoms with van der Waals surface area (Å²) >= 11 is 1.55. The molecule has 1 aromatic rings. The Morgan fingerprint density at radius 3 is 2.37 bits per heavy atom. The van der Waals surface area contributed by atoms with Gasteiger partial charge in [-0.05, 0) is 37.7 Å². The molecule has 1 saturated carbocycles. The quantitative estimate of drug-likeness (QED) is 0.552. The van der Waals surface area contributed by atoms with E-state index >= 15 is 0 Å². The lowest BCUT2D eigenvalue weighted by molar-refractivity contribution is -0.146. The number of likely N-dealkylation sites (tertiary alicyclic amines) is 1. The van der Waals surface area contributed by atoms with Crippen molar-refractivity contribution in [2.24, 2.45) is 28.7 Å². The summed E-state index contributed by atoms with van der Waals surface area (Å²) < 4.78 is 0. The van der Waals surface area contributed by atoms with Crippen molar-refractivity contribution in [3.05, 3.63) is 48.0 Å². The van der Waals surface area contributed by atoms with Crippen LogP contribution < -0.4 is 0 Å². The van der Waals surface area contributed by atoms with Crippen molar-refractivity contribution < 1.29 is 14.4 Å². The molecule has 1 aromatic carbocycles. The summed E-state index contributed by atoms with van der Waals surface area (Å²) in [6, 6.07) is 9.90. The molecule has 3 fully saturated rings. The van der Waals surface area contributed by atoms with Crippen LogP contribution in [0.25, 0.3) is 0 Å². The number of rotatable bonds is 4. The van der Waals surface area contributed by atoms with Crippen LogP contribution in [0.5, 0.6) is 0 Å². The van der Waals surface area contributed by atoms with E-state index < -0.39 is 5.54 Å². The molecule has 2 aliphatic heterocycles. The maximum absolute atomic E-state index is 13.3. The van der Waals surface area contributed by atoms with Gasteiger partial charge in [0, 0.05) is 5.75 Å². The van der Waals surface area contributed by atoms with Crippen molar-refractivity contribution in [3.8, 4) is 0 Å². The Hall–Kier alpha value is -2.41. The van der Waals surface area contributed by atoms with Crippen molar-refractivity contribution in [3.63, 3.8) is 0 Å². The molecule has 0 N–H and O–H groups in total. The van der Waals surface area contributed by atoms with Crippen LogP contribution in [-0.2, 0) is 20.9 Å². The first-order valence-corrected chi connectivity index (χ1v) is 11.4. The summed E-state index contributed by atoms with van der Waals surface area (Å²) in [4.78, 5) is 46.8. The third-order valence-corrected chi connectivity index (χ3v) is 8.12. The SMILES string of the molecule is CC1(C)CSC(=NCc2ccccc2)N1C(=O)CN1C(=O)[C@@H]2[C@@H](C1=O)[C@H]1C=C[C@H]2C1. The molecular weight excluding hydrogens is 398 g/mol. The van der Waals surface area contributed by atoms with Crippen LogP contribution in [0.1, 0.15) is 25.8 Å². The Bertz CT molecular complexity index is 941. The number of benzene rings is 1. The van der Waals surface area contributed by atoms with Crippen LogP contribution in [0.15, 0.2) is 47.5 Å². The van der Waals surface area contributed by atoms with E-state index in [1.54, 1.807) is 16.7 Å². The lowest BCUT2D eigenvalue weighted by Gasteiger charge is -2.31. The Balaban J connectivity index is 1.34. The van der Waals surface area contributed by atoms with Gasteiger partial charge in [0.2, 0.25) is 17.7 Å². The number of nitrogens with zero attached hydrogens (tertiary/aromatic N) is 3. The molecule has 0 aromatic heterocycles. The number of amides is 3. The first kappa shape index (κ1) is 19.5. The maximum Gasteiger partial charge on any atom is 0.249 e. The van der Waals surface area contributed by atoms with Crippen LogP contribution in [0.4, 0.5) is 0 Å². The predicted octanol–water partition coefficient (Wildman–Crippen LogP) is 2.70. The molecule has 0 unspecified atom stereocenters. The molecule has 0 radical (unpaired) electrons. The van der Waals surface area contributed by atoms with Gasteiger partial charge in [0.15, 0.2) is 5.17 Å². The topological polar surface area (TPSA) is 70.1 Å². The van der Waals surface area contributed by atoms with Gasteiger partial charge in [-0.2, -0.15) is 0 Å². The van der Waals surface area contributed by atoms with Gasteiger partial charge in [0.25, 0.3) is 0 Å². The van der Waals surface area contributed by atoms with Gasteiger partial charge >= 0.3 is 0 Å². The first-order valence-electron chi connectivity index (χ1n) is 10.4. The summed E-state index contributed by atoms with van der Waals surface area (Å²) in [5, 5.41) is 0.662. The lowest BCUT2D eigenvalue weighted by Crippen LogP contribution is -2.51. The van der Waals surface area contributed by atoms with Crippen molar-refractivity contribution >= 4 is 34.7 Å².